The monoisotopic (exact) mass is 428 g/mol. The van der Waals surface area contributed by atoms with Gasteiger partial charge in [0.05, 0.1) is 9.77 Å². The van der Waals surface area contributed by atoms with E-state index >= 15 is 0 Å². The lowest BCUT2D eigenvalue weighted by atomic mass is 10.0. The minimum atomic E-state index is -3.66. The van der Waals surface area contributed by atoms with E-state index in [-0.39, 0.29) is 5.56 Å². The smallest absolute Gasteiger partial charge is 0.232 e. The van der Waals surface area contributed by atoms with Gasteiger partial charge in [-0.25, -0.2) is 9.07 Å². The Balaban J connectivity index is 1.88. The summed E-state index contributed by atoms with van der Waals surface area (Å²) in [5.41, 5.74) is 1.34. The van der Waals surface area contributed by atoms with E-state index in [1.165, 1.54) is 24.5 Å². The van der Waals surface area contributed by atoms with Crippen molar-refractivity contribution in [3.05, 3.63) is 76.1 Å². The van der Waals surface area contributed by atoms with Crippen molar-refractivity contribution in [3.8, 4) is 11.1 Å². The maximum Gasteiger partial charge on any atom is 0.323 e. The first-order chi connectivity index (χ1) is 11.0. The first kappa shape index (κ1) is 16.0. The highest BCUT2D eigenvalue weighted by Gasteiger charge is 2.43. The zero-order valence-electron chi connectivity index (χ0n) is 11.8. The molecule has 1 unspecified atom stereocenters. The minimum absolute atomic E-state index is 0.379. The van der Waals surface area contributed by atoms with Crippen molar-refractivity contribution >= 4 is 22.6 Å². The van der Waals surface area contributed by atoms with E-state index < -0.39 is 12.2 Å². The molecule has 0 spiro atoms. The quantitative estimate of drug-likeness (QED) is 0.508. The maximum absolute atomic E-state index is 14.3. The number of hydrogen-bond acceptors (Lipinski definition) is 1. The van der Waals surface area contributed by atoms with Crippen LogP contribution in [0.5, 0.6) is 0 Å². The minimum Gasteiger partial charge on any atom is -0.232 e. The molecule has 0 N–H and O–H groups in total. The topological polar surface area (TPSA) is 17.8 Å². The zero-order valence-corrected chi connectivity index (χ0v) is 14.0. The molecule has 0 aliphatic heterocycles. The predicted octanol–water partition coefficient (Wildman–Crippen LogP) is 5.41. The molecule has 1 heterocycles. The fraction of sp³-hybridized carbons (Fsp3) is 0.118. The number of hydrogen-bond donors (Lipinski definition) is 0. The Hall–Kier alpha value is -1.83. The predicted molar refractivity (Wildman–Crippen MR) is 90.9 cm³/mol. The molecule has 0 saturated carbocycles. The van der Waals surface area contributed by atoms with Gasteiger partial charge in [0.25, 0.3) is 6.30 Å². The van der Waals surface area contributed by atoms with E-state index in [0.717, 1.165) is 11.1 Å². The summed E-state index contributed by atoms with van der Waals surface area (Å²) in [7, 11) is 0. The van der Waals surface area contributed by atoms with Crippen molar-refractivity contribution in [2.75, 3.05) is 0 Å². The average molecular weight is 428 g/mol. The maximum atomic E-state index is 14.3. The van der Waals surface area contributed by atoms with Gasteiger partial charge in [0.1, 0.15) is 0 Å². The Morgan fingerprint density at radius 1 is 0.957 bits per heavy atom. The summed E-state index contributed by atoms with van der Waals surface area (Å²) in [5, 5.41) is 3.63. The molecule has 1 atom stereocenters. The molecule has 0 aliphatic rings. The largest absolute Gasteiger partial charge is 0.323 e. The molecule has 3 aromatic rings. The highest BCUT2D eigenvalue weighted by molar-refractivity contribution is 14.1. The Bertz CT molecular complexity index is 785. The van der Waals surface area contributed by atoms with Crippen LogP contribution >= 0.6 is 22.6 Å². The SMILES string of the molecule is FC(n1cc(I)cn1)C(F)(F)c1ccc(-c2ccccc2)cc1. The first-order valence-corrected chi connectivity index (χ1v) is 7.94. The van der Waals surface area contributed by atoms with Crippen molar-refractivity contribution in [1.82, 2.24) is 9.78 Å². The zero-order chi connectivity index (χ0) is 16.4. The van der Waals surface area contributed by atoms with Crippen LogP contribution < -0.4 is 0 Å². The van der Waals surface area contributed by atoms with Crippen LogP contribution in [-0.4, -0.2) is 9.78 Å². The van der Waals surface area contributed by atoms with E-state index in [0.29, 0.717) is 8.25 Å². The van der Waals surface area contributed by atoms with Gasteiger partial charge < -0.3 is 0 Å². The third-order valence-electron chi connectivity index (χ3n) is 3.48. The van der Waals surface area contributed by atoms with Crippen LogP contribution in [0.2, 0.25) is 0 Å². The lowest BCUT2D eigenvalue weighted by Crippen LogP contribution is -2.26. The molecule has 0 saturated heterocycles. The summed E-state index contributed by atoms with van der Waals surface area (Å²) in [6.07, 6.45) is 0.0349. The third-order valence-corrected chi connectivity index (χ3v) is 4.04. The lowest BCUT2D eigenvalue weighted by Gasteiger charge is -2.21. The fourth-order valence-electron chi connectivity index (χ4n) is 2.26. The summed E-state index contributed by atoms with van der Waals surface area (Å²) < 4.78 is 44.1. The van der Waals surface area contributed by atoms with Crippen LogP contribution in [0.4, 0.5) is 13.2 Å². The van der Waals surface area contributed by atoms with Gasteiger partial charge in [-0.05, 0) is 33.7 Å². The van der Waals surface area contributed by atoms with Gasteiger partial charge in [0.15, 0.2) is 0 Å². The third kappa shape index (κ3) is 3.26. The second-order valence-corrected chi connectivity index (χ2v) is 6.29. The Kier molecular flexibility index (Phi) is 4.43. The normalized spacial score (nSPS) is 13.0. The van der Waals surface area contributed by atoms with Crippen molar-refractivity contribution in [2.45, 2.75) is 12.2 Å². The van der Waals surface area contributed by atoms with E-state index in [1.807, 2.05) is 52.9 Å². The molecule has 2 aromatic carbocycles. The second kappa shape index (κ2) is 6.35. The van der Waals surface area contributed by atoms with Crippen LogP contribution in [0.25, 0.3) is 11.1 Å². The standard InChI is InChI=1S/C17H12F3IN2/c18-16(23-11-15(21)10-22-23)17(19,20)14-8-6-13(7-9-14)12-4-2-1-3-5-12/h1-11,16H. The summed E-state index contributed by atoms with van der Waals surface area (Å²) >= 11 is 1.89. The van der Waals surface area contributed by atoms with E-state index in [9.17, 15) is 13.2 Å². The van der Waals surface area contributed by atoms with E-state index in [2.05, 4.69) is 5.10 Å². The molecular formula is C17H12F3IN2. The molecule has 0 radical (unpaired) electrons. The Morgan fingerprint density at radius 2 is 1.57 bits per heavy atom. The fourth-order valence-corrected chi connectivity index (χ4v) is 2.67. The van der Waals surface area contributed by atoms with Crippen LogP contribution in [0.15, 0.2) is 67.0 Å². The van der Waals surface area contributed by atoms with Gasteiger partial charge in [-0.15, -0.1) is 0 Å². The highest BCUT2D eigenvalue weighted by atomic mass is 127. The van der Waals surface area contributed by atoms with Crippen LogP contribution in [0, 0.1) is 3.57 Å². The number of halogens is 4. The number of benzene rings is 2. The summed E-state index contributed by atoms with van der Waals surface area (Å²) in [4.78, 5) is 0. The van der Waals surface area contributed by atoms with Crippen molar-refractivity contribution in [3.63, 3.8) is 0 Å². The summed E-state index contributed by atoms with van der Waals surface area (Å²) in [6.45, 7) is 0. The molecule has 6 heteroatoms. The summed E-state index contributed by atoms with van der Waals surface area (Å²) in [6, 6.07) is 15.0. The second-order valence-electron chi connectivity index (χ2n) is 5.04. The van der Waals surface area contributed by atoms with E-state index in [1.54, 1.807) is 12.1 Å². The first-order valence-electron chi connectivity index (χ1n) is 6.86. The van der Waals surface area contributed by atoms with Crippen LogP contribution in [0.1, 0.15) is 11.9 Å². The van der Waals surface area contributed by atoms with Crippen molar-refractivity contribution in [1.29, 1.82) is 0 Å². The molecule has 0 fully saturated rings. The summed E-state index contributed by atoms with van der Waals surface area (Å²) in [5.74, 6) is -3.66. The lowest BCUT2D eigenvalue weighted by molar-refractivity contribution is -0.117. The molecule has 23 heavy (non-hydrogen) atoms. The molecule has 118 valence electrons. The van der Waals surface area contributed by atoms with Gasteiger partial charge in [-0.3, -0.25) is 0 Å². The molecule has 0 aliphatic carbocycles. The van der Waals surface area contributed by atoms with Gasteiger partial charge in [0.2, 0.25) is 0 Å². The number of alkyl halides is 3. The number of aromatic nitrogens is 2. The number of nitrogens with zero attached hydrogens (tertiary/aromatic N) is 2. The Morgan fingerprint density at radius 3 is 2.13 bits per heavy atom. The molecule has 2 nitrogen and oxygen atoms in total. The van der Waals surface area contributed by atoms with Gasteiger partial charge in [0, 0.05) is 11.8 Å². The van der Waals surface area contributed by atoms with Crippen LogP contribution in [0.3, 0.4) is 0 Å². The number of rotatable bonds is 4. The van der Waals surface area contributed by atoms with Crippen molar-refractivity contribution in [2.24, 2.45) is 0 Å². The van der Waals surface area contributed by atoms with Gasteiger partial charge in [-0.2, -0.15) is 13.9 Å². The molecule has 0 bridgehead atoms. The molecule has 1 aromatic heterocycles. The van der Waals surface area contributed by atoms with Crippen LogP contribution in [-0.2, 0) is 5.92 Å². The Labute approximate surface area is 145 Å². The highest BCUT2D eigenvalue weighted by Crippen LogP contribution is 2.40. The average Bonchev–Trinajstić information content (AvgIpc) is 3.01. The van der Waals surface area contributed by atoms with E-state index in [4.69, 9.17) is 0 Å². The van der Waals surface area contributed by atoms with Gasteiger partial charge >= 0.3 is 5.92 Å². The molecular weight excluding hydrogens is 416 g/mol. The van der Waals surface area contributed by atoms with Crippen molar-refractivity contribution < 1.29 is 13.2 Å². The molecule has 0 amide bonds. The van der Waals surface area contributed by atoms with Gasteiger partial charge in [-0.1, -0.05) is 54.6 Å². The molecule has 3 rings (SSSR count).